The fourth-order valence-electron chi connectivity index (χ4n) is 2.18. The predicted octanol–water partition coefficient (Wildman–Crippen LogP) is 5.14. The van der Waals surface area contributed by atoms with E-state index in [4.69, 9.17) is 34.8 Å². The zero-order valence-corrected chi connectivity index (χ0v) is 16.2. The van der Waals surface area contributed by atoms with Crippen LogP contribution in [0.1, 0.15) is 15.9 Å². The van der Waals surface area contributed by atoms with Crippen LogP contribution in [-0.4, -0.2) is 20.8 Å². The van der Waals surface area contributed by atoms with E-state index in [0.29, 0.717) is 10.7 Å². The van der Waals surface area contributed by atoms with Crippen LogP contribution < -0.4 is 10.6 Å². The van der Waals surface area contributed by atoms with Crippen LogP contribution in [0.3, 0.4) is 0 Å². The van der Waals surface area contributed by atoms with Gasteiger partial charge in [0, 0.05) is 5.56 Å². The highest BCUT2D eigenvalue weighted by Crippen LogP contribution is 2.33. The van der Waals surface area contributed by atoms with Crippen molar-refractivity contribution in [3.05, 3.63) is 59.7 Å². The molecule has 0 radical (unpaired) electrons. The van der Waals surface area contributed by atoms with Gasteiger partial charge in [-0.05, 0) is 31.2 Å². The molecule has 0 saturated heterocycles. The lowest BCUT2D eigenvalue weighted by Crippen LogP contribution is -2.49. The van der Waals surface area contributed by atoms with Crippen molar-refractivity contribution in [2.45, 2.75) is 16.9 Å². The van der Waals surface area contributed by atoms with Gasteiger partial charge in [-0.2, -0.15) is 0 Å². The largest absolute Gasteiger partial charge is 0.338 e. The van der Waals surface area contributed by atoms with Gasteiger partial charge in [-0.15, -0.1) is 0 Å². The van der Waals surface area contributed by atoms with E-state index < -0.39 is 9.96 Å². The summed E-state index contributed by atoms with van der Waals surface area (Å²) in [6, 6.07) is 14.8. The molecular weight excluding hydrogens is 401 g/mol. The van der Waals surface area contributed by atoms with Crippen LogP contribution in [0, 0.1) is 6.92 Å². The highest BCUT2D eigenvalue weighted by Gasteiger charge is 2.35. The van der Waals surface area contributed by atoms with Gasteiger partial charge in [0.05, 0.1) is 10.2 Å². The van der Waals surface area contributed by atoms with E-state index in [9.17, 15) is 4.79 Å². The lowest BCUT2D eigenvalue weighted by molar-refractivity contribution is 0.0942. The van der Waals surface area contributed by atoms with Crippen molar-refractivity contribution in [3.63, 3.8) is 0 Å². The first-order chi connectivity index (χ1) is 11.8. The van der Waals surface area contributed by atoms with Crippen molar-refractivity contribution >= 4 is 67.4 Å². The Hall–Kier alpha value is -1.53. The van der Waals surface area contributed by atoms with Gasteiger partial charge in [0.15, 0.2) is 5.13 Å². The summed E-state index contributed by atoms with van der Waals surface area (Å²) in [5.74, 6) is -0.343. The summed E-state index contributed by atoms with van der Waals surface area (Å²) in [7, 11) is 0. The quantitative estimate of drug-likeness (QED) is 0.459. The topological polar surface area (TPSA) is 54.0 Å². The normalized spacial score (nSPS) is 12.8. The van der Waals surface area contributed by atoms with Crippen LogP contribution in [0.15, 0.2) is 48.5 Å². The number of benzene rings is 2. The number of para-hydroxylation sites is 1. The number of nitrogens with zero attached hydrogens (tertiary/aromatic N) is 1. The van der Waals surface area contributed by atoms with Crippen LogP contribution in [0.25, 0.3) is 10.2 Å². The maximum Gasteiger partial charge on any atom is 0.252 e. The van der Waals surface area contributed by atoms with Crippen molar-refractivity contribution in [2.24, 2.45) is 0 Å². The van der Waals surface area contributed by atoms with Gasteiger partial charge in [-0.25, -0.2) is 4.98 Å². The minimum atomic E-state index is -1.75. The third kappa shape index (κ3) is 4.55. The first-order valence-corrected chi connectivity index (χ1v) is 9.34. The molecule has 0 aliphatic heterocycles. The van der Waals surface area contributed by atoms with E-state index in [1.807, 2.05) is 43.3 Å². The summed E-state index contributed by atoms with van der Waals surface area (Å²) in [5, 5.41) is 6.26. The molecule has 2 N–H and O–H groups in total. The summed E-state index contributed by atoms with van der Waals surface area (Å²) in [6.45, 7) is 1.94. The van der Waals surface area contributed by atoms with E-state index in [1.54, 1.807) is 12.1 Å². The van der Waals surface area contributed by atoms with Gasteiger partial charge in [-0.1, -0.05) is 76.0 Å². The molecule has 4 nitrogen and oxygen atoms in total. The molecule has 3 aromatic rings. The number of alkyl halides is 3. The van der Waals surface area contributed by atoms with Gasteiger partial charge in [0.25, 0.3) is 5.91 Å². The molecule has 0 aliphatic carbocycles. The number of anilines is 1. The summed E-state index contributed by atoms with van der Waals surface area (Å²) in [5.41, 5.74) is 2.38. The highest BCUT2D eigenvalue weighted by molar-refractivity contribution is 7.22. The molecule has 2 aromatic carbocycles. The molecule has 3 rings (SSSR count). The van der Waals surface area contributed by atoms with Crippen LogP contribution in [0.2, 0.25) is 0 Å². The van der Waals surface area contributed by atoms with E-state index in [0.717, 1.165) is 15.8 Å². The molecule has 0 aliphatic rings. The number of rotatable bonds is 4. The number of aryl methyl sites for hydroxylation is 1. The number of halogens is 3. The molecule has 8 heteroatoms. The Balaban J connectivity index is 1.80. The summed E-state index contributed by atoms with van der Waals surface area (Å²) >= 11 is 19.5. The Labute approximate surface area is 164 Å². The summed E-state index contributed by atoms with van der Waals surface area (Å²) in [6.07, 6.45) is -0.938. The minimum Gasteiger partial charge on any atom is -0.338 e. The van der Waals surface area contributed by atoms with Crippen LogP contribution in [0.4, 0.5) is 5.13 Å². The van der Waals surface area contributed by atoms with Crippen LogP contribution in [0.5, 0.6) is 0 Å². The van der Waals surface area contributed by atoms with E-state index in [1.165, 1.54) is 11.3 Å². The summed E-state index contributed by atoms with van der Waals surface area (Å²) < 4.78 is -0.754. The Morgan fingerprint density at radius 3 is 2.44 bits per heavy atom. The zero-order chi connectivity index (χ0) is 18.0. The van der Waals surface area contributed by atoms with Gasteiger partial charge in [0.2, 0.25) is 3.79 Å². The second-order valence-corrected chi connectivity index (χ2v) is 8.84. The lowest BCUT2D eigenvalue weighted by atomic mass is 10.1. The number of amides is 1. The SMILES string of the molecule is Cc1ccc(C(=O)NC(Nc2nc3ccccc3s2)C(Cl)(Cl)Cl)cc1. The average Bonchev–Trinajstić information content (AvgIpc) is 2.96. The summed E-state index contributed by atoms with van der Waals surface area (Å²) in [4.78, 5) is 16.9. The van der Waals surface area contributed by atoms with Crippen molar-refractivity contribution < 1.29 is 4.79 Å². The Kier molecular flexibility index (Phi) is 5.39. The number of carbonyl (C=O) groups excluding carboxylic acids is 1. The molecule has 1 amide bonds. The maximum atomic E-state index is 12.4. The van der Waals surface area contributed by atoms with Crippen molar-refractivity contribution in [1.82, 2.24) is 10.3 Å². The third-order valence-electron chi connectivity index (χ3n) is 3.48. The van der Waals surface area contributed by atoms with Gasteiger partial charge < -0.3 is 10.6 Å². The molecule has 1 unspecified atom stereocenters. The molecular formula is C17H14Cl3N3OS. The van der Waals surface area contributed by atoms with E-state index in [-0.39, 0.29) is 5.91 Å². The number of aromatic nitrogens is 1. The molecule has 0 saturated carbocycles. The molecule has 1 aromatic heterocycles. The second kappa shape index (κ2) is 7.38. The standard InChI is InChI=1S/C17H14Cl3N3OS/c1-10-6-8-11(9-7-10)14(24)22-15(17(18,19)20)23-16-21-12-4-2-3-5-13(12)25-16/h2-9,15H,1H3,(H,21,23)(H,22,24). The molecule has 0 bridgehead atoms. The number of hydrogen-bond donors (Lipinski definition) is 2. The average molecular weight is 415 g/mol. The van der Waals surface area contributed by atoms with E-state index in [2.05, 4.69) is 15.6 Å². The third-order valence-corrected chi connectivity index (χ3v) is 5.10. The molecule has 25 heavy (non-hydrogen) atoms. The Morgan fingerprint density at radius 2 is 1.80 bits per heavy atom. The first-order valence-electron chi connectivity index (χ1n) is 7.39. The molecule has 130 valence electrons. The number of fused-ring (bicyclic) bond motifs is 1. The van der Waals surface area contributed by atoms with Crippen molar-refractivity contribution in [1.29, 1.82) is 0 Å². The monoisotopic (exact) mass is 413 g/mol. The van der Waals surface area contributed by atoms with Crippen LogP contribution >= 0.6 is 46.1 Å². The second-order valence-electron chi connectivity index (χ2n) is 5.45. The number of thiazole rings is 1. The van der Waals surface area contributed by atoms with Crippen LogP contribution in [-0.2, 0) is 0 Å². The fraction of sp³-hybridized carbons (Fsp3) is 0.176. The molecule has 1 heterocycles. The fourth-order valence-corrected chi connectivity index (χ4v) is 3.40. The molecule has 1 atom stereocenters. The van der Waals surface area contributed by atoms with Gasteiger partial charge in [0.1, 0.15) is 6.17 Å². The minimum absolute atomic E-state index is 0.343. The molecule has 0 fully saturated rings. The Bertz CT molecular complexity index is 857. The van der Waals surface area contributed by atoms with Crippen molar-refractivity contribution in [3.8, 4) is 0 Å². The van der Waals surface area contributed by atoms with E-state index >= 15 is 0 Å². The maximum absolute atomic E-state index is 12.4. The lowest BCUT2D eigenvalue weighted by Gasteiger charge is -2.26. The number of nitrogens with one attached hydrogen (secondary N) is 2. The van der Waals surface area contributed by atoms with Crippen molar-refractivity contribution in [2.75, 3.05) is 5.32 Å². The van der Waals surface area contributed by atoms with Gasteiger partial charge >= 0.3 is 0 Å². The van der Waals surface area contributed by atoms with Gasteiger partial charge in [-0.3, -0.25) is 4.79 Å². The first kappa shape index (κ1) is 18.3. The smallest absolute Gasteiger partial charge is 0.252 e. The highest BCUT2D eigenvalue weighted by atomic mass is 35.6. The number of hydrogen-bond acceptors (Lipinski definition) is 4. The molecule has 0 spiro atoms. The number of carbonyl (C=O) groups is 1. The zero-order valence-electron chi connectivity index (χ0n) is 13.1. The predicted molar refractivity (Wildman–Crippen MR) is 106 cm³/mol. The Morgan fingerprint density at radius 1 is 1.12 bits per heavy atom.